The van der Waals surface area contributed by atoms with Crippen molar-refractivity contribution in [3.8, 4) is 0 Å². The molecule has 194 valence electrons. The fraction of sp³-hybridized carbons (Fsp3) is 0.679. The fourth-order valence-corrected chi connectivity index (χ4v) is 3.30. The summed E-state index contributed by atoms with van der Waals surface area (Å²) in [5.41, 5.74) is 1.05. The zero-order valence-corrected chi connectivity index (χ0v) is 21.5. The molecule has 0 heterocycles. The first-order chi connectivity index (χ1) is 16.2. The van der Waals surface area contributed by atoms with Gasteiger partial charge >= 0.3 is 11.9 Å². The molecule has 1 aliphatic rings. The van der Waals surface area contributed by atoms with Crippen molar-refractivity contribution in [1.82, 2.24) is 0 Å². The van der Waals surface area contributed by atoms with Crippen LogP contribution in [0.15, 0.2) is 30.3 Å². The van der Waals surface area contributed by atoms with Crippen LogP contribution in [-0.2, 0) is 25.7 Å². The zero-order valence-electron chi connectivity index (χ0n) is 21.5. The summed E-state index contributed by atoms with van der Waals surface area (Å²) in [6, 6.07) is 9.78. The van der Waals surface area contributed by atoms with E-state index in [1.54, 1.807) is 0 Å². The number of Topliss-reactive ketones (excluding diaryl/α,β-unsaturated/α-hetero) is 2. The topological polar surface area (TPSA) is 60.4 Å². The summed E-state index contributed by atoms with van der Waals surface area (Å²) < 4.78 is 30.5. The molecule has 1 atom stereocenters. The molecule has 1 fully saturated rings. The van der Waals surface area contributed by atoms with E-state index in [4.69, 9.17) is 4.74 Å². The van der Waals surface area contributed by atoms with Crippen LogP contribution in [-0.4, -0.2) is 23.5 Å². The standard InChI is InChI=1S/C14H20O2.C8H14F2O.C6H10O/c1-2-3-4-8-11-14(15)16-12-13-9-6-5-7-10-13;1-3-5-6-8(9,10)7(11)4-2;1-5-2-3-6(7)4-5/h5-7,9-10H,2-4,8,11-12H2,1H3;3-6H2,1-2H3;5H,2-4H2,1H3. The maximum absolute atomic E-state index is 12.7. The molecule has 0 saturated heterocycles. The quantitative estimate of drug-likeness (QED) is 0.225. The third-order valence-electron chi connectivity index (χ3n) is 5.54. The number of halogens is 2. The molecule has 0 amide bonds. The summed E-state index contributed by atoms with van der Waals surface area (Å²) in [6.45, 7) is 7.97. The van der Waals surface area contributed by atoms with Crippen LogP contribution in [0.25, 0.3) is 0 Å². The maximum atomic E-state index is 12.7. The van der Waals surface area contributed by atoms with Gasteiger partial charge in [-0.2, -0.15) is 8.78 Å². The Morgan fingerprint density at radius 2 is 1.65 bits per heavy atom. The highest BCUT2D eigenvalue weighted by atomic mass is 19.3. The van der Waals surface area contributed by atoms with Gasteiger partial charge in [0.15, 0.2) is 0 Å². The molecule has 1 aliphatic carbocycles. The number of esters is 1. The second-order valence-corrected chi connectivity index (χ2v) is 8.93. The number of rotatable bonds is 12. The molecule has 34 heavy (non-hydrogen) atoms. The predicted octanol–water partition coefficient (Wildman–Crippen LogP) is 7.87. The van der Waals surface area contributed by atoms with Gasteiger partial charge in [-0.1, -0.05) is 83.7 Å². The van der Waals surface area contributed by atoms with Crippen molar-refractivity contribution in [2.24, 2.45) is 5.92 Å². The number of carbonyl (C=O) groups excluding carboxylic acids is 3. The molecule has 4 nitrogen and oxygen atoms in total. The van der Waals surface area contributed by atoms with Gasteiger partial charge in [-0.15, -0.1) is 0 Å². The summed E-state index contributed by atoms with van der Waals surface area (Å²) in [5, 5.41) is 0. The molecule has 1 unspecified atom stereocenters. The molecule has 1 saturated carbocycles. The van der Waals surface area contributed by atoms with Crippen LogP contribution in [0.1, 0.15) is 110 Å². The van der Waals surface area contributed by atoms with Crippen molar-refractivity contribution in [2.45, 2.75) is 117 Å². The zero-order chi connectivity index (χ0) is 25.8. The average Bonchev–Trinajstić information content (AvgIpc) is 3.22. The van der Waals surface area contributed by atoms with Gasteiger partial charge in [0.05, 0.1) is 0 Å². The SMILES string of the molecule is CC1CCC(=O)C1.CCCCC(F)(F)C(=O)CC.CCCCCCC(=O)OCc1ccccc1. The third kappa shape index (κ3) is 16.5. The minimum absolute atomic E-state index is 0.0727. The van der Waals surface area contributed by atoms with Crippen molar-refractivity contribution in [3.05, 3.63) is 35.9 Å². The first kappa shape index (κ1) is 31.9. The normalized spacial score (nSPS) is 15.0. The van der Waals surface area contributed by atoms with Crippen LogP contribution < -0.4 is 0 Å². The van der Waals surface area contributed by atoms with Crippen molar-refractivity contribution in [3.63, 3.8) is 0 Å². The van der Waals surface area contributed by atoms with Crippen molar-refractivity contribution in [2.75, 3.05) is 0 Å². The van der Waals surface area contributed by atoms with Crippen molar-refractivity contribution in [1.29, 1.82) is 0 Å². The molecular formula is C28H44F2O4. The van der Waals surface area contributed by atoms with E-state index in [2.05, 4.69) is 13.8 Å². The van der Waals surface area contributed by atoms with Gasteiger partial charge in [0.25, 0.3) is 0 Å². The van der Waals surface area contributed by atoms with E-state index < -0.39 is 11.7 Å². The molecule has 0 bridgehead atoms. The molecule has 0 aliphatic heterocycles. The lowest BCUT2D eigenvalue weighted by Crippen LogP contribution is -2.27. The van der Waals surface area contributed by atoms with E-state index in [0.717, 1.165) is 37.7 Å². The maximum Gasteiger partial charge on any atom is 0.306 e. The lowest BCUT2D eigenvalue weighted by atomic mass is 10.1. The van der Waals surface area contributed by atoms with Crippen LogP contribution in [0.5, 0.6) is 0 Å². The minimum Gasteiger partial charge on any atom is -0.461 e. The van der Waals surface area contributed by atoms with Crippen LogP contribution in [0.3, 0.4) is 0 Å². The Kier molecular flexibility index (Phi) is 18.0. The van der Waals surface area contributed by atoms with Gasteiger partial charge in [-0.3, -0.25) is 14.4 Å². The van der Waals surface area contributed by atoms with E-state index in [1.807, 2.05) is 37.3 Å². The Hall–Kier alpha value is -2.11. The number of carbonyl (C=O) groups is 3. The Balaban J connectivity index is 0.000000522. The Bertz CT molecular complexity index is 689. The van der Waals surface area contributed by atoms with Crippen LogP contribution >= 0.6 is 0 Å². The summed E-state index contributed by atoms with van der Waals surface area (Å²) >= 11 is 0. The van der Waals surface area contributed by atoms with Gasteiger partial charge in [0.2, 0.25) is 5.78 Å². The van der Waals surface area contributed by atoms with Gasteiger partial charge in [0.1, 0.15) is 12.4 Å². The molecule has 0 N–H and O–H groups in total. The average molecular weight is 483 g/mol. The molecule has 6 heteroatoms. The van der Waals surface area contributed by atoms with Gasteiger partial charge < -0.3 is 4.74 Å². The minimum atomic E-state index is -3.08. The summed E-state index contributed by atoms with van der Waals surface area (Å²) in [4.78, 5) is 32.4. The van der Waals surface area contributed by atoms with Crippen molar-refractivity contribution < 1.29 is 27.9 Å². The highest BCUT2D eigenvalue weighted by molar-refractivity contribution is 5.85. The van der Waals surface area contributed by atoms with Crippen LogP contribution in [0.4, 0.5) is 8.78 Å². The monoisotopic (exact) mass is 482 g/mol. The number of unbranched alkanes of at least 4 members (excludes halogenated alkanes) is 4. The second kappa shape index (κ2) is 19.2. The number of alkyl halides is 2. The second-order valence-electron chi connectivity index (χ2n) is 8.93. The lowest BCUT2D eigenvalue weighted by molar-refractivity contribution is -0.145. The number of hydrogen-bond acceptors (Lipinski definition) is 4. The number of hydrogen-bond donors (Lipinski definition) is 0. The lowest BCUT2D eigenvalue weighted by Gasteiger charge is -2.12. The van der Waals surface area contributed by atoms with E-state index in [0.29, 0.717) is 37.6 Å². The van der Waals surface area contributed by atoms with E-state index in [1.165, 1.54) is 19.8 Å². The van der Waals surface area contributed by atoms with Crippen LogP contribution in [0.2, 0.25) is 0 Å². The molecule has 2 rings (SSSR count). The largest absolute Gasteiger partial charge is 0.461 e. The Labute approximate surface area is 204 Å². The third-order valence-corrected chi connectivity index (χ3v) is 5.54. The Morgan fingerprint density at radius 3 is 2.12 bits per heavy atom. The molecule has 1 aromatic carbocycles. The number of ether oxygens (including phenoxy) is 1. The van der Waals surface area contributed by atoms with Gasteiger partial charge in [-0.05, 0) is 30.7 Å². The van der Waals surface area contributed by atoms with Crippen LogP contribution in [0, 0.1) is 5.92 Å². The van der Waals surface area contributed by atoms with Crippen molar-refractivity contribution >= 4 is 17.5 Å². The molecule has 0 radical (unpaired) electrons. The van der Waals surface area contributed by atoms with E-state index in [-0.39, 0.29) is 18.8 Å². The highest BCUT2D eigenvalue weighted by Crippen LogP contribution is 2.23. The summed E-state index contributed by atoms with van der Waals surface area (Å²) in [5.74, 6) is -2.98. The highest BCUT2D eigenvalue weighted by Gasteiger charge is 2.35. The fourth-order valence-electron chi connectivity index (χ4n) is 3.30. The molecule has 1 aromatic rings. The molecular weight excluding hydrogens is 438 g/mol. The van der Waals surface area contributed by atoms with Gasteiger partial charge in [-0.25, -0.2) is 0 Å². The van der Waals surface area contributed by atoms with E-state index >= 15 is 0 Å². The number of ketones is 2. The summed E-state index contributed by atoms with van der Waals surface area (Å²) in [7, 11) is 0. The molecule has 0 spiro atoms. The predicted molar refractivity (Wildman–Crippen MR) is 133 cm³/mol. The number of benzene rings is 1. The summed E-state index contributed by atoms with van der Waals surface area (Å²) in [6.07, 6.45) is 8.55. The van der Waals surface area contributed by atoms with E-state index in [9.17, 15) is 23.2 Å². The molecule has 0 aromatic heterocycles. The van der Waals surface area contributed by atoms with Gasteiger partial charge in [0, 0.05) is 32.1 Å². The first-order valence-electron chi connectivity index (χ1n) is 12.8. The Morgan fingerprint density at radius 1 is 1.00 bits per heavy atom. The first-order valence-corrected chi connectivity index (χ1v) is 12.8. The smallest absolute Gasteiger partial charge is 0.306 e.